The predicted octanol–water partition coefficient (Wildman–Crippen LogP) is 6.13. The van der Waals surface area contributed by atoms with Gasteiger partial charge in [0.1, 0.15) is 12.4 Å². The molecule has 5 nitrogen and oxygen atoms in total. The van der Waals surface area contributed by atoms with E-state index in [2.05, 4.69) is 16.0 Å². The molecule has 182 valence electrons. The average Bonchev–Trinajstić information content (AvgIpc) is 2.91. The van der Waals surface area contributed by atoms with Crippen molar-refractivity contribution in [3.05, 3.63) is 106 Å². The zero-order valence-electron chi connectivity index (χ0n) is 19.2. The Balaban J connectivity index is 1.75. The Labute approximate surface area is 209 Å². The number of hydrogen-bond acceptors (Lipinski definition) is 4. The highest BCUT2D eigenvalue weighted by Gasteiger charge is 2.31. The minimum Gasteiger partial charge on any atom is -0.480 e. The smallest absolute Gasteiger partial charge is 0.416 e. The molecule has 0 unspecified atom stereocenters. The van der Waals surface area contributed by atoms with Crippen LogP contribution in [0.1, 0.15) is 11.1 Å². The van der Waals surface area contributed by atoms with Gasteiger partial charge in [-0.05, 0) is 41.1 Å². The Morgan fingerprint density at radius 2 is 1.73 bits per heavy atom. The summed E-state index contributed by atoms with van der Waals surface area (Å²) in [6.45, 7) is 0.0200. The van der Waals surface area contributed by atoms with Gasteiger partial charge in [-0.15, -0.1) is 6.42 Å². The highest BCUT2D eigenvalue weighted by molar-refractivity contribution is 6.02. The van der Waals surface area contributed by atoms with Crippen LogP contribution in [0.2, 0.25) is 0 Å². The van der Waals surface area contributed by atoms with E-state index in [0.29, 0.717) is 16.8 Å². The lowest BCUT2D eigenvalue weighted by Crippen LogP contribution is -2.20. The Morgan fingerprint density at radius 1 is 0.973 bits per heavy atom. The molecule has 0 amide bonds. The number of alkyl halides is 3. The number of para-hydroxylation sites is 1. The molecule has 5 aromatic rings. The van der Waals surface area contributed by atoms with Gasteiger partial charge in [0.05, 0.1) is 22.7 Å². The Morgan fingerprint density at radius 3 is 2.51 bits per heavy atom. The summed E-state index contributed by atoms with van der Waals surface area (Å²) in [4.78, 5) is 18.0. The number of ether oxygens (including phenoxy) is 1. The van der Waals surface area contributed by atoms with Crippen LogP contribution in [0.3, 0.4) is 0 Å². The Hall–Kier alpha value is -4.90. The van der Waals surface area contributed by atoms with Gasteiger partial charge in [-0.1, -0.05) is 60.5 Å². The van der Waals surface area contributed by atoms with Crippen LogP contribution in [0.4, 0.5) is 13.2 Å². The summed E-state index contributed by atoms with van der Waals surface area (Å²) in [7, 11) is 0. The summed E-state index contributed by atoms with van der Waals surface area (Å²) in [5.74, 6) is 2.84. The lowest BCUT2D eigenvalue weighted by atomic mass is 10.0. The van der Waals surface area contributed by atoms with Crippen LogP contribution in [-0.4, -0.2) is 22.5 Å². The number of fused-ring (bicyclic) bond motifs is 2. The van der Waals surface area contributed by atoms with Crippen molar-refractivity contribution in [2.45, 2.75) is 6.18 Å². The van der Waals surface area contributed by atoms with Crippen molar-refractivity contribution in [1.82, 2.24) is 9.66 Å². The first kappa shape index (κ1) is 23.8. The third kappa shape index (κ3) is 4.67. The van der Waals surface area contributed by atoms with Crippen molar-refractivity contribution < 1.29 is 17.9 Å². The van der Waals surface area contributed by atoms with Crippen molar-refractivity contribution in [3.8, 4) is 29.5 Å². The molecule has 0 atom stereocenters. The van der Waals surface area contributed by atoms with E-state index in [4.69, 9.17) is 11.2 Å². The van der Waals surface area contributed by atoms with Crippen LogP contribution >= 0.6 is 0 Å². The third-order valence-electron chi connectivity index (χ3n) is 5.75. The van der Waals surface area contributed by atoms with Gasteiger partial charge in [0.2, 0.25) is 0 Å². The second kappa shape index (κ2) is 9.63. The molecule has 0 saturated heterocycles. The quantitative estimate of drug-likeness (QED) is 0.217. The van der Waals surface area contributed by atoms with Gasteiger partial charge in [0, 0.05) is 11.1 Å². The molecular weight excluding hydrogens is 479 g/mol. The molecular formula is C29H18F3N3O2. The van der Waals surface area contributed by atoms with E-state index in [0.717, 1.165) is 27.6 Å². The highest BCUT2D eigenvalue weighted by Crippen LogP contribution is 2.32. The van der Waals surface area contributed by atoms with Crippen LogP contribution in [0.5, 0.6) is 5.75 Å². The molecule has 0 bridgehead atoms. The zero-order chi connectivity index (χ0) is 26.0. The predicted molar refractivity (Wildman–Crippen MR) is 138 cm³/mol. The van der Waals surface area contributed by atoms with Gasteiger partial charge in [-0.25, -0.2) is 4.98 Å². The summed E-state index contributed by atoms with van der Waals surface area (Å²) < 4.78 is 47.0. The summed E-state index contributed by atoms with van der Waals surface area (Å²) in [6, 6.07) is 22.4. The molecule has 8 heteroatoms. The number of benzene rings is 4. The summed E-state index contributed by atoms with van der Waals surface area (Å²) >= 11 is 0. The van der Waals surface area contributed by atoms with Gasteiger partial charge in [0.15, 0.2) is 5.82 Å². The van der Waals surface area contributed by atoms with E-state index < -0.39 is 17.3 Å². The minimum absolute atomic E-state index is 0.0200. The van der Waals surface area contributed by atoms with Crippen LogP contribution in [0.25, 0.3) is 33.1 Å². The number of aromatic nitrogens is 2. The van der Waals surface area contributed by atoms with Gasteiger partial charge in [-0.3, -0.25) is 4.79 Å². The molecule has 0 saturated carbocycles. The first-order chi connectivity index (χ1) is 17.9. The molecule has 1 aromatic heterocycles. The monoisotopic (exact) mass is 497 g/mol. The van der Waals surface area contributed by atoms with Gasteiger partial charge in [-0.2, -0.15) is 22.9 Å². The number of rotatable bonds is 5. The maximum absolute atomic E-state index is 13.5. The van der Waals surface area contributed by atoms with E-state index in [9.17, 15) is 18.0 Å². The van der Waals surface area contributed by atoms with Crippen molar-refractivity contribution in [2.24, 2.45) is 5.10 Å². The topological polar surface area (TPSA) is 56.5 Å². The van der Waals surface area contributed by atoms with Crippen LogP contribution in [0.15, 0.2) is 94.8 Å². The Bertz CT molecular complexity index is 1770. The lowest BCUT2D eigenvalue weighted by molar-refractivity contribution is -0.137. The van der Waals surface area contributed by atoms with Crippen LogP contribution < -0.4 is 10.3 Å². The average molecular weight is 497 g/mol. The van der Waals surface area contributed by atoms with Crippen molar-refractivity contribution in [2.75, 3.05) is 6.61 Å². The van der Waals surface area contributed by atoms with Crippen LogP contribution in [-0.2, 0) is 6.18 Å². The van der Waals surface area contributed by atoms with Gasteiger partial charge < -0.3 is 4.74 Å². The summed E-state index contributed by atoms with van der Waals surface area (Å²) in [5.41, 5.74) is -0.392. The maximum Gasteiger partial charge on any atom is 0.416 e. The van der Waals surface area contributed by atoms with E-state index >= 15 is 0 Å². The summed E-state index contributed by atoms with van der Waals surface area (Å²) in [6.07, 6.45) is 2.23. The molecule has 0 spiro atoms. The molecule has 0 N–H and O–H groups in total. The first-order valence-electron chi connectivity index (χ1n) is 11.2. The molecule has 37 heavy (non-hydrogen) atoms. The second-order valence-electron chi connectivity index (χ2n) is 8.08. The summed E-state index contributed by atoms with van der Waals surface area (Å²) in [5, 5.41) is 6.39. The highest BCUT2D eigenvalue weighted by atomic mass is 19.4. The van der Waals surface area contributed by atoms with Gasteiger partial charge in [0.25, 0.3) is 5.56 Å². The molecule has 5 rings (SSSR count). The number of hydrogen-bond donors (Lipinski definition) is 0. The minimum atomic E-state index is -4.56. The van der Waals surface area contributed by atoms with E-state index in [-0.39, 0.29) is 23.4 Å². The molecule has 4 aromatic carbocycles. The molecule has 0 radical (unpaired) electrons. The van der Waals surface area contributed by atoms with E-state index in [1.807, 2.05) is 30.3 Å². The molecule has 0 fully saturated rings. The second-order valence-corrected chi connectivity index (χ2v) is 8.08. The largest absolute Gasteiger partial charge is 0.480 e. The molecule has 0 aliphatic rings. The third-order valence-corrected chi connectivity index (χ3v) is 5.75. The fourth-order valence-electron chi connectivity index (χ4n) is 4.02. The number of nitrogens with zero attached hydrogens (tertiary/aromatic N) is 3. The van der Waals surface area contributed by atoms with Crippen molar-refractivity contribution in [1.29, 1.82) is 0 Å². The fraction of sp³-hybridized carbons (Fsp3) is 0.0690. The lowest BCUT2D eigenvalue weighted by Gasteiger charge is -2.13. The van der Waals surface area contributed by atoms with Crippen molar-refractivity contribution in [3.63, 3.8) is 0 Å². The standard InChI is InChI=1S/C29H18F3N3O2/c1-2-16-37-26-15-14-19-8-3-4-11-22(19)24(26)18-33-35-27(20-9-7-10-21(17-20)29(30,31)32)34-25-13-6-5-12-23(25)28(35)36/h1,3-15,17-18H,16H2. The van der Waals surface area contributed by atoms with Crippen LogP contribution in [0, 0.1) is 12.3 Å². The molecule has 0 aliphatic heterocycles. The maximum atomic E-state index is 13.5. The fourth-order valence-corrected chi connectivity index (χ4v) is 4.02. The Kier molecular flexibility index (Phi) is 6.20. The zero-order valence-corrected chi connectivity index (χ0v) is 19.2. The molecule has 0 aliphatic carbocycles. The molecule has 1 heterocycles. The van der Waals surface area contributed by atoms with Crippen molar-refractivity contribution >= 4 is 27.9 Å². The SMILES string of the molecule is C#CCOc1ccc2ccccc2c1C=Nn1c(-c2cccc(C(F)(F)F)c2)nc2ccccc2c1=O. The number of terminal acetylenes is 1. The van der Waals surface area contributed by atoms with Gasteiger partial charge >= 0.3 is 6.18 Å². The normalized spacial score (nSPS) is 11.7. The number of halogens is 3. The van der Waals surface area contributed by atoms with E-state index in [1.54, 1.807) is 30.3 Å². The van der Waals surface area contributed by atoms with E-state index in [1.165, 1.54) is 18.3 Å². The first-order valence-corrected chi connectivity index (χ1v) is 11.2.